The van der Waals surface area contributed by atoms with Crippen molar-refractivity contribution in [3.8, 4) is 6.07 Å². The Balaban J connectivity index is 2.52. The molecular formula is C15H12N2. The van der Waals surface area contributed by atoms with Crippen molar-refractivity contribution >= 4 is 5.57 Å². The van der Waals surface area contributed by atoms with Crippen molar-refractivity contribution < 1.29 is 0 Å². The Hall–Kier alpha value is -2.40. The molecule has 0 spiro atoms. The van der Waals surface area contributed by atoms with Gasteiger partial charge < -0.3 is 0 Å². The third-order valence-corrected chi connectivity index (χ3v) is 2.48. The Morgan fingerprint density at radius 1 is 1.24 bits per heavy atom. The van der Waals surface area contributed by atoms with Gasteiger partial charge in [-0.05, 0) is 24.6 Å². The van der Waals surface area contributed by atoms with Gasteiger partial charge in [0.2, 0.25) is 0 Å². The Bertz CT molecular complexity index is 577. The highest BCUT2D eigenvalue weighted by Gasteiger charge is 2.05. The Morgan fingerprint density at radius 2 is 2.12 bits per heavy atom. The van der Waals surface area contributed by atoms with E-state index in [1.54, 1.807) is 6.20 Å². The number of rotatable bonds is 2. The third-order valence-electron chi connectivity index (χ3n) is 2.48. The number of nitrogens with zero attached hydrogens (tertiary/aromatic N) is 2. The molecule has 0 N–H and O–H groups in total. The fourth-order valence-corrected chi connectivity index (χ4v) is 1.70. The predicted molar refractivity (Wildman–Crippen MR) is 68.1 cm³/mol. The van der Waals surface area contributed by atoms with Crippen LogP contribution in [0.3, 0.4) is 0 Å². The Morgan fingerprint density at radius 3 is 2.76 bits per heavy atom. The predicted octanol–water partition coefficient (Wildman–Crippen LogP) is 3.35. The van der Waals surface area contributed by atoms with E-state index in [1.165, 1.54) is 11.6 Å². The van der Waals surface area contributed by atoms with Crippen LogP contribution >= 0.6 is 0 Å². The quantitative estimate of drug-likeness (QED) is 0.728. The zero-order valence-electron chi connectivity index (χ0n) is 9.59. The smallest absolute Gasteiger partial charge is 0.0919 e. The first-order valence-electron chi connectivity index (χ1n) is 5.39. The van der Waals surface area contributed by atoms with E-state index in [0.29, 0.717) is 0 Å². The van der Waals surface area contributed by atoms with Crippen LogP contribution in [0.1, 0.15) is 16.8 Å². The molecule has 2 nitrogen and oxygen atoms in total. The van der Waals surface area contributed by atoms with Gasteiger partial charge >= 0.3 is 0 Å². The van der Waals surface area contributed by atoms with Gasteiger partial charge in [-0.2, -0.15) is 5.26 Å². The maximum atomic E-state index is 8.87. The van der Waals surface area contributed by atoms with Gasteiger partial charge in [-0.3, -0.25) is 4.98 Å². The van der Waals surface area contributed by atoms with E-state index in [1.807, 2.05) is 43.3 Å². The van der Waals surface area contributed by atoms with Crippen LogP contribution < -0.4 is 0 Å². The minimum atomic E-state index is 0.819. The second kappa shape index (κ2) is 5.09. The third kappa shape index (κ3) is 2.59. The molecule has 1 aromatic heterocycles. The van der Waals surface area contributed by atoms with Crippen LogP contribution in [0.4, 0.5) is 0 Å². The largest absolute Gasteiger partial charge is 0.256 e. The highest BCUT2D eigenvalue weighted by atomic mass is 14.7. The number of nitriles is 1. The number of hydrogen-bond donors (Lipinski definition) is 0. The summed E-state index contributed by atoms with van der Waals surface area (Å²) in [6, 6.07) is 15.8. The highest BCUT2D eigenvalue weighted by Crippen LogP contribution is 2.21. The summed E-state index contributed by atoms with van der Waals surface area (Å²) in [5.74, 6) is 0. The first kappa shape index (κ1) is 11.1. The lowest BCUT2D eigenvalue weighted by Gasteiger charge is -2.06. The molecule has 1 heterocycles. The zero-order chi connectivity index (χ0) is 12.1. The first-order chi connectivity index (χ1) is 8.31. The van der Waals surface area contributed by atoms with Crippen molar-refractivity contribution in [2.24, 2.45) is 0 Å². The second-order valence-electron chi connectivity index (χ2n) is 3.77. The van der Waals surface area contributed by atoms with E-state index in [2.05, 4.69) is 17.1 Å². The Labute approximate surface area is 101 Å². The van der Waals surface area contributed by atoms with Crippen molar-refractivity contribution in [2.75, 3.05) is 0 Å². The fourth-order valence-electron chi connectivity index (χ4n) is 1.70. The molecule has 0 saturated heterocycles. The lowest BCUT2D eigenvalue weighted by atomic mass is 10.0. The van der Waals surface area contributed by atoms with Crippen molar-refractivity contribution in [3.05, 3.63) is 71.6 Å². The van der Waals surface area contributed by atoms with E-state index < -0.39 is 0 Å². The highest BCUT2D eigenvalue weighted by molar-refractivity contribution is 5.79. The molecule has 2 rings (SSSR count). The van der Waals surface area contributed by atoms with Crippen LogP contribution in [0.25, 0.3) is 5.57 Å². The van der Waals surface area contributed by atoms with Crippen molar-refractivity contribution in [3.63, 3.8) is 0 Å². The van der Waals surface area contributed by atoms with E-state index in [9.17, 15) is 0 Å². The summed E-state index contributed by atoms with van der Waals surface area (Å²) in [4.78, 5) is 4.28. The maximum Gasteiger partial charge on any atom is 0.0919 e. The van der Waals surface area contributed by atoms with E-state index in [0.717, 1.165) is 16.8 Å². The van der Waals surface area contributed by atoms with Gasteiger partial charge in [-0.1, -0.05) is 35.9 Å². The number of benzene rings is 1. The molecule has 0 atom stereocenters. The summed E-state index contributed by atoms with van der Waals surface area (Å²) < 4.78 is 0. The summed E-state index contributed by atoms with van der Waals surface area (Å²) in [6.45, 7) is 2.03. The number of hydrogen-bond acceptors (Lipinski definition) is 2. The normalized spacial score (nSPS) is 10.9. The average Bonchev–Trinajstić information content (AvgIpc) is 2.37. The summed E-state index contributed by atoms with van der Waals surface area (Å²) in [5, 5.41) is 8.87. The van der Waals surface area contributed by atoms with Crippen molar-refractivity contribution in [2.45, 2.75) is 6.92 Å². The molecule has 82 valence electrons. The minimum Gasteiger partial charge on any atom is -0.256 e. The summed E-state index contributed by atoms with van der Waals surface area (Å²) in [6.07, 6.45) is 3.27. The molecule has 0 unspecified atom stereocenters. The average molecular weight is 220 g/mol. The molecule has 0 aliphatic rings. The molecule has 2 heteroatoms. The maximum absolute atomic E-state index is 8.87. The molecule has 0 amide bonds. The summed E-state index contributed by atoms with van der Waals surface area (Å²) in [5.41, 5.74) is 3.86. The van der Waals surface area contributed by atoms with Crippen molar-refractivity contribution in [1.29, 1.82) is 5.26 Å². The molecular weight excluding hydrogens is 208 g/mol. The van der Waals surface area contributed by atoms with Gasteiger partial charge in [0.1, 0.15) is 0 Å². The van der Waals surface area contributed by atoms with Gasteiger partial charge in [0.05, 0.1) is 11.8 Å². The van der Waals surface area contributed by atoms with Crippen LogP contribution in [0.15, 0.2) is 54.7 Å². The number of aryl methyl sites for hydroxylation is 1. The lowest BCUT2D eigenvalue weighted by molar-refractivity contribution is 1.27. The van der Waals surface area contributed by atoms with Crippen LogP contribution in [0.2, 0.25) is 0 Å². The van der Waals surface area contributed by atoms with Crippen LogP contribution in [0, 0.1) is 18.3 Å². The first-order valence-corrected chi connectivity index (χ1v) is 5.39. The monoisotopic (exact) mass is 220 g/mol. The van der Waals surface area contributed by atoms with E-state index >= 15 is 0 Å². The van der Waals surface area contributed by atoms with E-state index in [4.69, 9.17) is 5.26 Å². The molecule has 0 aliphatic carbocycles. The molecule has 0 aliphatic heterocycles. The van der Waals surface area contributed by atoms with Gasteiger partial charge in [0.25, 0.3) is 0 Å². The fraction of sp³-hybridized carbons (Fsp3) is 0.0667. The van der Waals surface area contributed by atoms with Crippen LogP contribution in [-0.2, 0) is 0 Å². The van der Waals surface area contributed by atoms with Gasteiger partial charge in [0, 0.05) is 17.8 Å². The van der Waals surface area contributed by atoms with Gasteiger partial charge in [-0.15, -0.1) is 0 Å². The molecule has 2 aromatic rings. The second-order valence-corrected chi connectivity index (χ2v) is 3.77. The SMILES string of the molecule is Cc1cccc(/C(=C/C#N)c2ccccn2)c1. The van der Waals surface area contributed by atoms with Crippen LogP contribution in [0.5, 0.6) is 0 Å². The lowest BCUT2D eigenvalue weighted by Crippen LogP contribution is -1.91. The molecule has 1 aromatic carbocycles. The van der Waals surface area contributed by atoms with Crippen LogP contribution in [-0.4, -0.2) is 4.98 Å². The topological polar surface area (TPSA) is 36.7 Å². The summed E-state index contributed by atoms with van der Waals surface area (Å²) >= 11 is 0. The summed E-state index contributed by atoms with van der Waals surface area (Å²) in [7, 11) is 0. The zero-order valence-corrected chi connectivity index (χ0v) is 9.59. The molecule has 0 fully saturated rings. The number of pyridine rings is 1. The molecule has 17 heavy (non-hydrogen) atoms. The van der Waals surface area contributed by atoms with Gasteiger partial charge in [0.15, 0.2) is 0 Å². The van der Waals surface area contributed by atoms with Gasteiger partial charge in [-0.25, -0.2) is 0 Å². The minimum absolute atomic E-state index is 0.819. The van der Waals surface area contributed by atoms with E-state index in [-0.39, 0.29) is 0 Å². The molecule has 0 bridgehead atoms. The molecule has 0 saturated carbocycles. The number of allylic oxidation sites excluding steroid dienone is 1. The molecule has 0 radical (unpaired) electrons. The van der Waals surface area contributed by atoms with Crippen molar-refractivity contribution in [1.82, 2.24) is 4.98 Å². The standard InChI is InChI=1S/C15H12N2/c1-12-5-4-6-13(11-12)14(8-9-16)15-7-2-3-10-17-15/h2-8,10-11H,1H3/b14-8-. The Kier molecular flexibility index (Phi) is 3.32. The number of aromatic nitrogens is 1.